The Bertz CT molecular complexity index is 956. The molecule has 1 saturated heterocycles. The van der Waals surface area contributed by atoms with Crippen LogP contribution in [0.2, 0.25) is 0 Å². The van der Waals surface area contributed by atoms with Gasteiger partial charge >= 0.3 is 0 Å². The van der Waals surface area contributed by atoms with Crippen LogP contribution in [0.1, 0.15) is 68.9 Å². The van der Waals surface area contributed by atoms with Crippen molar-refractivity contribution in [3.63, 3.8) is 0 Å². The van der Waals surface area contributed by atoms with E-state index in [9.17, 15) is 0 Å². The molecule has 0 bridgehead atoms. The number of hydrogen-bond donors (Lipinski definition) is 1. The summed E-state index contributed by atoms with van der Waals surface area (Å²) >= 11 is 11.2. The first kappa shape index (κ1) is 22.0. The first-order valence-corrected chi connectivity index (χ1v) is 13.7. The molecule has 3 aliphatic carbocycles. The fourth-order valence-electron chi connectivity index (χ4n) is 6.00. The van der Waals surface area contributed by atoms with Crippen LogP contribution in [0.3, 0.4) is 0 Å². The fraction of sp³-hybridized carbons (Fsp3) is 0.630. The maximum atomic E-state index is 6.70. The number of benzene rings is 1. The maximum Gasteiger partial charge on any atom is 0.120 e. The second-order valence-electron chi connectivity index (χ2n) is 10.9. The van der Waals surface area contributed by atoms with Gasteiger partial charge in [-0.25, -0.2) is 0 Å². The molecule has 1 unspecified atom stereocenters. The van der Waals surface area contributed by atoms with Crippen LogP contribution in [0.15, 0.2) is 30.5 Å². The van der Waals surface area contributed by atoms with E-state index >= 15 is 0 Å². The van der Waals surface area contributed by atoms with Gasteiger partial charge in [0.05, 0.1) is 11.0 Å². The summed E-state index contributed by atoms with van der Waals surface area (Å²) in [7, 11) is 0. The van der Waals surface area contributed by atoms with Crippen LogP contribution in [-0.2, 0) is 6.54 Å². The molecule has 5 aliphatic rings. The molecule has 1 aromatic carbocycles. The number of nitrogens with zero attached hydrogens (tertiary/aromatic N) is 2. The molecular weight excluding hydrogens is 446 g/mol. The van der Waals surface area contributed by atoms with Gasteiger partial charge in [-0.1, -0.05) is 31.0 Å². The summed E-state index contributed by atoms with van der Waals surface area (Å²) < 4.78 is 6.70. The van der Waals surface area contributed by atoms with Gasteiger partial charge in [0.1, 0.15) is 16.8 Å². The van der Waals surface area contributed by atoms with Crippen molar-refractivity contribution in [1.82, 2.24) is 15.1 Å². The maximum absolute atomic E-state index is 6.70. The van der Waals surface area contributed by atoms with Gasteiger partial charge in [-0.3, -0.25) is 4.90 Å². The van der Waals surface area contributed by atoms with E-state index in [2.05, 4.69) is 39.9 Å². The summed E-state index contributed by atoms with van der Waals surface area (Å²) in [5.41, 5.74) is 3.42. The van der Waals surface area contributed by atoms with E-state index in [1.54, 1.807) is 0 Å². The molecule has 4 nitrogen and oxygen atoms in total. The minimum atomic E-state index is 0.207. The number of nitrogens with one attached hydrogen (secondary N) is 1. The standard InChI is InChI=1S/C27H35N3OS2/c1-17-23(11-12-26(32)28-17)30-16-20-13-21(9-10-22(20)27(30)33)31-25-4-2-3-24(25)29(14-18-5-6-18)15-19-7-8-19/h9-10,13,18-19,23-25H,1-8,11-12,14-16H2,(H,28,32)/t23?,24-,25-/m0/s1. The minimum absolute atomic E-state index is 0.207. The largest absolute Gasteiger partial charge is 0.489 e. The van der Waals surface area contributed by atoms with Crippen molar-refractivity contribution >= 4 is 34.4 Å². The van der Waals surface area contributed by atoms with Crippen LogP contribution in [0.25, 0.3) is 0 Å². The molecule has 0 aromatic heterocycles. The van der Waals surface area contributed by atoms with Crippen molar-refractivity contribution in [1.29, 1.82) is 0 Å². The zero-order valence-electron chi connectivity index (χ0n) is 19.4. The lowest BCUT2D eigenvalue weighted by Gasteiger charge is -2.35. The summed E-state index contributed by atoms with van der Waals surface area (Å²) in [6.07, 6.45) is 11.6. The molecule has 3 atom stereocenters. The van der Waals surface area contributed by atoms with E-state index in [0.29, 0.717) is 12.1 Å². The number of fused-ring (bicyclic) bond motifs is 1. The molecule has 6 rings (SSSR count). The Labute approximate surface area is 208 Å². The summed E-state index contributed by atoms with van der Waals surface area (Å²) in [6, 6.07) is 7.34. The summed E-state index contributed by atoms with van der Waals surface area (Å²) in [5.74, 6) is 2.89. The Morgan fingerprint density at radius 1 is 1.03 bits per heavy atom. The van der Waals surface area contributed by atoms with Gasteiger partial charge in [0, 0.05) is 43.4 Å². The molecule has 2 aliphatic heterocycles. The Morgan fingerprint density at radius 3 is 2.48 bits per heavy atom. The molecular formula is C27H35N3OS2. The van der Waals surface area contributed by atoms with Crippen molar-refractivity contribution in [2.45, 2.75) is 82.5 Å². The van der Waals surface area contributed by atoms with Gasteiger partial charge < -0.3 is 15.0 Å². The third-order valence-electron chi connectivity index (χ3n) is 8.19. The van der Waals surface area contributed by atoms with Crippen molar-refractivity contribution < 1.29 is 4.74 Å². The molecule has 1 aromatic rings. The van der Waals surface area contributed by atoms with Crippen LogP contribution in [-0.4, -0.2) is 51.1 Å². The highest BCUT2D eigenvalue weighted by Gasteiger charge is 2.39. The Kier molecular flexibility index (Phi) is 5.96. The lowest BCUT2D eigenvalue weighted by Crippen LogP contribution is -2.45. The number of ether oxygens (including phenoxy) is 1. The molecule has 4 fully saturated rings. The normalized spacial score (nSPS) is 29.5. The van der Waals surface area contributed by atoms with Gasteiger partial charge in [0.2, 0.25) is 0 Å². The predicted octanol–water partition coefficient (Wildman–Crippen LogP) is 5.19. The zero-order valence-corrected chi connectivity index (χ0v) is 21.1. The van der Waals surface area contributed by atoms with E-state index in [1.165, 1.54) is 69.2 Å². The topological polar surface area (TPSA) is 27.7 Å². The first-order valence-electron chi connectivity index (χ1n) is 12.9. The molecule has 0 radical (unpaired) electrons. The molecule has 3 saturated carbocycles. The minimum Gasteiger partial charge on any atom is -0.489 e. The van der Waals surface area contributed by atoms with Crippen molar-refractivity contribution in [3.05, 3.63) is 41.6 Å². The number of thiocarbonyl (C=S) groups is 2. The van der Waals surface area contributed by atoms with Crippen LogP contribution in [0.5, 0.6) is 5.75 Å². The molecule has 176 valence electrons. The highest BCUT2D eigenvalue weighted by atomic mass is 32.1. The predicted molar refractivity (Wildman–Crippen MR) is 141 cm³/mol. The number of hydrogen-bond acceptors (Lipinski definition) is 4. The van der Waals surface area contributed by atoms with Gasteiger partial charge in [0.25, 0.3) is 0 Å². The first-order chi connectivity index (χ1) is 16.0. The van der Waals surface area contributed by atoms with Crippen molar-refractivity contribution in [3.8, 4) is 5.75 Å². The SMILES string of the molecule is C=C1NC(=S)CCC1N1Cc2cc(O[C@H]3CCC[C@@H]3N(CC3CC3)CC3CC3)ccc2C1=S. The van der Waals surface area contributed by atoms with Gasteiger partial charge in [-0.15, -0.1) is 0 Å². The quantitative estimate of drug-likeness (QED) is 0.514. The Hall–Kier alpha value is -1.50. The molecule has 2 heterocycles. The monoisotopic (exact) mass is 481 g/mol. The van der Waals surface area contributed by atoms with E-state index in [-0.39, 0.29) is 6.04 Å². The van der Waals surface area contributed by atoms with E-state index < -0.39 is 0 Å². The van der Waals surface area contributed by atoms with Crippen LogP contribution < -0.4 is 10.1 Å². The van der Waals surface area contributed by atoms with E-state index in [0.717, 1.165) is 52.6 Å². The lowest BCUT2D eigenvalue weighted by molar-refractivity contribution is 0.0804. The van der Waals surface area contributed by atoms with Gasteiger partial charge in [-0.05, 0) is 87.0 Å². The average Bonchev–Trinajstić information content (AvgIpc) is 3.71. The highest BCUT2D eigenvalue weighted by Crippen LogP contribution is 2.39. The third-order valence-corrected chi connectivity index (χ3v) is 8.95. The smallest absolute Gasteiger partial charge is 0.120 e. The summed E-state index contributed by atoms with van der Waals surface area (Å²) in [6.45, 7) is 7.62. The second-order valence-corrected chi connectivity index (χ2v) is 11.8. The van der Waals surface area contributed by atoms with Crippen molar-refractivity contribution in [2.24, 2.45) is 11.8 Å². The average molecular weight is 482 g/mol. The fourth-order valence-corrected chi connectivity index (χ4v) is 6.64. The second kappa shape index (κ2) is 8.94. The summed E-state index contributed by atoms with van der Waals surface area (Å²) in [4.78, 5) is 6.93. The van der Waals surface area contributed by atoms with E-state index in [1.807, 2.05) is 0 Å². The Balaban J connectivity index is 1.14. The molecule has 1 N–H and O–H groups in total. The summed E-state index contributed by atoms with van der Waals surface area (Å²) in [5, 5.41) is 3.27. The van der Waals surface area contributed by atoms with E-state index in [4.69, 9.17) is 29.2 Å². The van der Waals surface area contributed by atoms with Gasteiger partial charge in [0.15, 0.2) is 0 Å². The number of piperidine rings is 1. The third kappa shape index (κ3) is 4.71. The highest BCUT2D eigenvalue weighted by molar-refractivity contribution is 7.80. The van der Waals surface area contributed by atoms with Crippen LogP contribution in [0, 0.1) is 11.8 Å². The lowest BCUT2D eigenvalue weighted by atomic mass is 10.0. The van der Waals surface area contributed by atoms with Crippen LogP contribution >= 0.6 is 24.4 Å². The van der Waals surface area contributed by atoms with Gasteiger partial charge in [-0.2, -0.15) is 0 Å². The molecule has 0 amide bonds. The molecule has 0 spiro atoms. The number of rotatable bonds is 8. The zero-order chi connectivity index (χ0) is 22.5. The molecule has 6 heteroatoms. The van der Waals surface area contributed by atoms with Crippen molar-refractivity contribution in [2.75, 3.05) is 13.1 Å². The van der Waals surface area contributed by atoms with Crippen LogP contribution in [0.4, 0.5) is 0 Å². The molecule has 33 heavy (non-hydrogen) atoms. The Morgan fingerprint density at radius 2 is 1.79 bits per heavy atom.